The molecule has 23 heavy (non-hydrogen) atoms. The van der Waals surface area contributed by atoms with E-state index >= 15 is 0 Å². The molecule has 3 rings (SSSR count). The molecule has 1 saturated heterocycles. The molecule has 0 bridgehead atoms. The van der Waals surface area contributed by atoms with Gasteiger partial charge in [-0.3, -0.25) is 9.78 Å². The van der Waals surface area contributed by atoms with Crippen LogP contribution in [0, 0.1) is 0 Å². The second-order valence-electron chi connectivity index (χ2n) is 5.44. The van der Waals surface area contributed by atoms with Crippen LogP contribution in [0.15, 0.2) is 42.9 Å². The van der Waals surface area contributed by atoms with E-state index in [1.165, 1.54) is 0 Å². The molecule has 0 N–H and O–H groups in total. The van der Waals surface area contributed by atoms with E-state index in [0.29, 0.717) is 25.4 Å². The fraction of sp³-hybridized carbons (Fsp3) is 0.353. The van der Waals surface area contributed by atoms with E-state index in [0.717, 1.165) is 17.7 Å². The van der Waals surface area contributed by atoms with Crippen LogP contribution in [0.1, 0.15) is 12.0 Å². The maximum atomic E-state index is 12.4. The van der Waals surface area contributed by atoms with Crippen LogP contribution in [-0.2, 0) is 11.2 Å². The first kappa shape index (κ1) is 15.3. The Hall–Kier alpha value is -2.63. The monoisotopic (exact) mass is 313 g/mol. The lowest BCUT2D eigenvalue weighted by Crippen LogP contribution is -2.32. The zero-order chi connectivity index (χ0) is 16.1. The van der Waals surface area contributed by atoms with Crippen molar-refractivity contribution in [2.45, 2.75) is 18.9 Å². The summed E-state index contributed by atoms with van der Waals surface area (Å²) >= 11 is 0. The number of rotatable bonds is 5. The van der Waals surface area contributed by atoms with Gasteiger partial charge in [0.2, 0.25) is 11.8 Å². The van der Waals surface area contributed by atoms with Crippen LogP contribution >= 0.6 is 0 Å². The molecule has 120 valence electrons. The molecule has 0 spiro atoms. The Labute approximate surface area is 135 Å². The van der Waals surface area contributed by atoms with Gasteiger partial charge in [-0.2, -0.15) is 0 Å². The van der Waals surface area contributed by atoms with E-state index in [4.69, 9.17) is 9.47 Å². The number of benzene rings is 1. The first-order valence-electron chi connectivity index (χ1n) is 7.58. The minimum Gasteiger partial charge on any atom is -0.497 e. The predicted molar refractivity (Wildman–Crippen MR) is 84.3 cm³/mol. The average Bonchev–Trinajstić information content (AvgIpc) is 3.05. The van der Waals surface area contributed by atoms with Gasteiger partial charge in [0, 0.05) is 25.4 Å². The van der Waals surface area contributed by atoms with Crippen LogP contribution in [0.4, 0.5) is 0 Å². The summed E-state index contributed by atoms with van der Waals surface area (Å²) in [6.45, 7) is 1.30. The molecule has 0 saturated carbocycles. The Morgan fingerprint density at radius 1 is 1.30 bits per heavy atom. The summed E-state index contributed by atoms with van der Waals surface area (Å²) in [6, 6.07) is 7.57. The van der Waals surface area contributed by atoms with Crippen LogP contribution in [-0.4, -0.2) is 47.1 Å². The van der Waals surface area contributed by atoms with E-state index in [2.05, 4.69) is 9.97 Å². The van der Waals surface area contributed by atoms with Gasteiger partial charge in [-0.1, -0.05) is 12.1 Å². The van der Waals surface area contributed by atoms with Crippen LogP contribution in [0.25, 0.3) is 0 Å². The summed E-state index contributed by atoms with van der Waals surface area (Å²) in [7, 11) is 1.63. The molecular formula is C17H19N3O3. The minimum absolute atomic E-state index is 0.0217. The summed E-state index contributed by atoms with van der Waals surface area (Å²) in [5.41, 5.74) is 0.981. The summed E-state index contributed by atoms with van der Waals surface area (Å²) < 4.78 is 10.9. The smallest absolute Gasteiger partial charge is 0.232 e. The second kappa shape index (κ2) is 7.09. The van der Waals surface area contributed by atoms with Gasteiger partial charge in [-0.25, -0.2) is 4.98 Å². The van der Waals surface area contributed by atoms with Crippen molar-refractivity contribution in [1.29, 1.82) is 0 Å². The van der Waals surface area contributed by atoms with Gasteiger partial charge in [0.25, 0.3) is 0 Å². The van der Waals surface area contributed by atoms with E-state index in [9.17, 15) is 4.79 Å². The van der Waals surface area contributed by atoms with Crippen LogP contribution in [0.5, 0.6) is 11.6 Å². The molecule has 2 aromatic rings. The Morgan fingerprint density at radius 3 is 2.83 bits per heavy atom. The first-order chi connectivity index (χ1) is 11.2. The van der Waals surface area contributed by atoms with Crippen molar-refractivity contribution in [2.75, 3.05) is 20.2 Å². The fourth-order valence-corrected chi connectivity index (χ4v) is 2.60. The average molecular weight is 313 g/mol. The molecule has 1 unspecified atom stereocenters. The number of carbonyl (C=O) groups excluding carboxylic acids is 1. The second-order valence-corrected chi connectivity index (χ2v) is 5.44. The van der Waals surface area contributed by atoms with Crippen molar-refractivity contribution in [3.05, 3.63) is 48.4 Å². The quantitative estimate of drug-likeness (QED) is 0.841. The Kier molecular flexibility index (Phi) is 4.71. The largest absolute Gasteiger partial charge is 0.497 e. The van der Waals surface area contributed by atoms with Gasteiger partial charge in [-0.05, 0) is 17.7 Å². The van der Waals surface area contributed by atoms with Crippen molar-refractivity contribution in [3.8, 4) is 11.6 Å². The molecule has 0 radical (unpaired) electrons. The van der Waals surface area contributed by atoms with Crippen molar-refractivity contribution in [1.82, 2.24) is 14.9 Å². The highest BCUT2D eigenvalue weighted by molar-refractivity contribution is 5.79. The maximum Gasteiger partial charge on any atom is 0.232 e. The molecule has 1 atom stereocenters. The number of amides is 1. The van der Waals surface area contributed by atoms with Crippen molar-refractivity contribution in [2.24, 2.45) is 0 Å². The van der Waals surface area contributed by atoms with Crippen LogP contribution in [0.3, 0.4) is 0 Å². The molecule has 6 nitrogen and oxygen atoms in total. The zero-order valence-electron chi connectivity index (χ0n) is 13.0. The number of likely N-dealkylation sites (tertiary alicyclic amines) is 1. The summed E-state index contributed by atoms with van der Waals surface area (Å²) in [6.07, 6.45) is 5.96. The Bertz CT molecular complexity index is 646. The van der Waals surface area contributed by atoms with Gasteiger partial charge in [0.15, 0.2) is 0 Å². The highest BCUT2D eigenvalue weighted by atomic mass is 16.5. The number of hydrogen-bond donors (Lipinski definition) is 0. The van der Waals surface area contributed by atoms with Gasteiger partial charge < -0.3 is 14.4 Å². The third-order valence-corrected chi connectivity index (χ3v) is 3.84. The SMILES string of the molecule is COc1ccc(CC(=O)N2CCC(Oc3cnccn3)C2)cc1. The summed E-state index contributed by atoms with van der Waals surface area (Å²) in [5.74, 6) is 1.40. The van der Waals surface area contributed by atoms with E-state index < -0.39 is 0 Å². The first-order valence-corrected chi connectivity index (χ1v) is 7.58. The molecule has 6 heteroatoms. The Morgan fingerprint density at radius 2 is 2.13 bits per heavy atom. The minimum atomic E-state index is -0.0217. The van der Waals surface area contributed by atoms with E-state index in [-0.39, 0.29) is 12.0 Å². The van der Waals surface area contributed by atoms with E-state index in [1.54, 1.807) is 25.7 Å². The summed E-state index contributed by atoms with van der Waals surface area (Å²) in [5, 5.41) is 0. The third kappa shape index (κ3) is 3.97. The lowest BCUT2D eigenvalue weighted by molar-refractivity contribution is -0.129. The molecule has 1 aromatic carbocycles. The third-order valence-electron chi connectivity index (χ3n) is 3.84. The number of nitrogens with zero attached hydrogens (tertiary/aromatic N) is 3. The number of carbonyl (C=O) groups is 1. The van der Waals surface area contributed by atoms with Crippen molar-refractivity contribution < 1.29 is 14.3 Å². The topological polar surface area (TPSA) is 64.5 Å². The summed E-state index contributed by atoms with van der Waals surface area (Å²) in [4.78, 5) is 22.3. The van der Waals surface area contributed by atoms with Gasteiger partial charge in [-0.15, -0.1) is 0 Å². The van der Waals surface area contributed by atoms with Crippen LogP contribution in [0.2, 0.25) is 0 Å². The zero-order valence-corrected chi connectivity index (χ0v) is 13.0. The number of aromatic nitrogens is 2. The molecule has 1 amide bonds. The van der Waals surface area contributed by atoms with Crippen molar-refractivity contribution in [3.63, 3.8) is 0 Å². The molecule has 1 fully saturated rings. The van der Waals surface area contributed by atoms with Gasteiger partial charge >= 0.3 is 0 Å². The molecule has 1 aliphatic heterocycles. The number of hydrogen-bond acceptors (Lipinski definition) is 5. The number of ether oxygens (including phenoxy) is 2. The lowest BCUT2D eigenvalue weighted by Gasteiger charge is -2.17. The molecule has 0 aliphatic carbocycles. The highest BCUT2D eigenvalue weighted by Gasteiger charge is 2.27. The van der Waals surface area contributed by atoms with E-state index in [1.807, 2.05) is 29.2 Å². The van der Waals surface area contributed by atoms with Gasteiger partial charge in [0.05, 0.1) is 26.3 Å². The van der Waals surface area contributed by atoms with Crippen molar-refractivity contribution >= 4 is 5.91 Å². The molecule has 2 heterocycles. The predicted octanol–water partition coefficient (Wildman–Crippen LogP) is 1.71. The molecule has 1 aliphatic rings. The van der Waals surface area contributed by atoms with Crippen LogP contribution < -0.4 is 9.47 Å². The lowest BCUT2D eigenvalue weighted by atomic mass is 10.1. The molecule has 1 aromatic heterocycles. The fourth-order valence-electron chi connectivity index (χ4n) is 2.60. The van der Waals surface area contributed by atoms with Gasteiger partial charge in [0.1, 0.15) is 11.9 Å². The normalized spacial score (nSPS) is 17.1. The standard InChI is InChI=1S/C17H19N3O3/c1-22-14-4-2-13(3-5-14)10-17(21)20-9-6-15(12-20)23-16-11-18-7-8-19-16/h2-5,7-8,11,15H,6,9-10,12H2,1H3. The Balaban J connectivity index is 1.52. The number of methoxy groups -OCH3 is 1. The molecular weight excluding hydrogens is 294 g/mol. The highest BCUT2D eigenvalue weighted by Crippen LogP contribution is 2.17. The maximum absolute atomic E-state index is 12.4.